The van der Waals surface area contributed by atoms with Gasteiger partial charge in [-0.15, -0.1) is 0 Å². The van der Waals surface area contributed by atoms with Crippen molar-refractivity contribution in [1.29, 1.82) is 0 Å². The van der Waals surface area contributed by atoms with Crippen molar-refractivity contribution in [2.45, 2.75) is 203 Å². The van der Waals surface area contributed by atoms with Crippen molar-refractivity contribution < 1.29 is 154 Å². The van der Waals surface area contributed by atoms with Gasteiger partial charge in [0, 0.05) is 6.61 Å². The SMILES string of the molecule is NCCCCCO[C@H]1OC(CO)[C@@H](O)[C@H](O)C1O[C@H]1OC(CO)[C@@H](O)[C@H](O)C1O[C@@H]1OC(CO)[C@@H](O)[C@H](O[C@H]2OC(CO)[C@@H](O)[C@H](O)C2O[C@H]2OC(CO)[C@@H](O)[C@H](O)C2O[C@@H]2OC(CO)[C@@H](O)[C@H](O)C2O)C1O. The molecule has 428 valence electrons. The van der Waals surface area contributed by atoms with Crippen molar-refractivity contribution in [2.75, 3.05) is 52.8 Å². The monoisotopic (exact) mass is 1080 g/mol. The molecule has 6 heterocycles. The van der Waals surface area contributed by atoms with Gasteiger partial charge in [-0.2, -0.15) is 0 Å². The second-order valence-electron chi connectivity index (χ2n) is 18.5. The van der Waals surface area contributed by atoms with Crippen LogP contribution in [0.3, 0.4) is 0 Å². The lowest BCUT2D eigenvalue weighted by Crippen LogP contribution is -2.69. The van der Waals surface area contributed by atoms with Gasteiger partial charge in [-0.25, -0.2) is 0 Å². The molecule has 21 N–H and O–H groups in total. The topological polar surface area (TPSA) is 521 Å². The average Bonchev–Trinajstić information content (AvgIpc) is 3.38. The van der Waals surface area contributed by atoms with Crippen LogP contribution >= 0.6 is 0 Å². The molecular formula is C41H73NO31. The molecule has 6 aliphatic heterocycles. The van der Waals surface area contributed by atoms with E-state index in [1.54, 1.807) is 0 Å². The van der Waals surface area contributed by atoms with Crippen LogP contribution in [-0.4, -0.2) is 334 Å². The van der Waals surface area contributed by atoms with Crippen molar-refractivity contribution in [3.8, 4) is 0 Å². The molecule has 0 radical (unpaired) electrons. The molecule has 6 fully saturated rings. The fraction of sp³-hybridized carbons (Fsp3) is 1.00. The zero-order valence-electron chi connectivity index (χ0n) is 39.1. The standard InChI is InChI=1S/C41H73NO31/c42-4-2-1-3-5-62-38-32(25(56)19(50)13(7-44)65-38)72-40-34(27(58)21(52)15(9-46)67-40)71-37-30(61)31(23(54)17(11-48)64-37)69-39-35(28(59)22(53)14(8-45)66-39)73-41-33(26(57)20(51)16(10-47)68-41)70-36-29(60)24(55)18(49)12(6-43)63-36/h12-41,43-61H,1-11,42H2/t12?,13?,14?,15?,16?,17?,18-,19-,20-,21-,22-,23-,24+,25+,26+,27+,28+,29?,30?,31+,32?,33?,34?,35?,36+,37+,38+,39-,40-,41-/m1/s1. The Hall–Kier alpha value is -1.28. The van der Waals surface area contributed by atoms with Gasteiger partial charge in [-0.05, 0) is 25.8 Å². The number of aliphatic hydroxyl groups is 19. The Balaban J connectivity index is 1.27. The Bertz CT molecular complexity index is 1620. The molecule has 0 spiro atoms. The van der Waals surface area contributed by atoms with Gasteiger partial charge in [-0.1, -0.05) is 0 Å². The zero-order chi connectivity index (χ0) is 53.6. The molecule has 0 aromatic heterocycles. The van der Waals surface area contributed by atoms with Crippen LogP contribution in [0.2, 0.25) is 0 Å². The molecule has 32 heteroatoms. The average molecular weight is 1080 g/mol. The third-order valence-corrected chi connectivity index (χ3v) is 13.6. The maximum Gasteiger partial charge on any atom is 0.187 e. The highest BCUT2D eigenvalue weighted by molar-refractivity contribution is 5.00. The molecule has 0 saturated carbocycles. The van der Waals surface area contributed by atoms with E-state index in [1.807, 2.05) is 0 Å². The summed E-state index contributed by atoms with van der Waals surface area (Å²) < 4.78 is 69.2. The molecule has 0 aliphatic carbocycles. The lowest BCUT2D eigenvalue weighted by atomic mass is 9.95. The van der Waals surface area contributed by atoms with E-state index in [-0.39, 0.29) is 6.61 Å². The first-order chi connectivity index (χ1) is 34.8. The van der Waals surface area contributed by atoms with Crippen LogP contribution in [0, 0.1) is 0 Å². The van der Waals surface area contributed by atoms with Gasteiger partial charge in [-0.3, -0.25) is 0 Å². The van der Waals surface area contributed by atoms with E-state index in [1.165, 1.54) is 0 Å². The van der Waals surface area contributed by atoms with Crippen LogP contribution in [0.5, 0.6) is 0 Å². The quantitative estimate of drug-likeness (QED) is 0.0448. The number of hydrogen-bond acceptors (Lipinski definition) is 32. The van der Waals surface area contributed by atoms with Gasteiger partial charge in [0.2, 0.25) is 0 Å². The van der Waals surface area contributed by atoms with Crippen LogP contribution < -0.4 is 5.73 Å². The molecule has 32 nitrogen and oxygen atoms in total. The maximum atomic E-state index is 11.9. The summed E-state index contributed by atoms with van der Waals surface area (Å²) in [5.74, 6) is 0. The Kier molecular flexibility index (Phi) is 23.0. The summed E-state index contributed by atoms with van der Waals surface area (Å²) in [6, 6.07) is 0. The Morgan fingerprint density at radius 2 is 0.562 bits per heavy atom. The summed E-state index contributed by atoms with van der Waals surface area (Å²) in [6.45, 7) is -5.31. The van der Waals surface area contributed by atoms with E-state index in [4.69, 9.17) is 62.6 Å². The highest BCUT2D eigenvalue weighted by Gasteiger charge is 2.58. The number of ether oxygens (including phenoxy) is 12. The fourth-order valence-electron chi connectivity index (χ4n) is 9.17. The Morgan fingerprint density at radius 3 is 0.932 bits per heavy atom. The number of unbranched alkanes of at least 4 members (excludes halogenated alkanes) is 2. The van der Waals surface area contributed by atoms with Gasteiger partial charge in [0.25, 0.3) is 0 Å². The number of nitrogens with two attached hydrogens (primary N) is 1. The molecule has 6 aliphatic rings. The van der Waals surface area contributed by atoms with E-state index in [0.29, 0.717) is 25.8 Å². The smallest absolute Gasteiger partial charge is 0.187 e. The highest BCUT2D eigenvalue weighted by Crippen LogP contribution is 2.38. The third kappa shape index (κ3) is 13.4. The summed E-state index contributed by atoms with van der Waals surface area (Å²) in [4.78, 5) is 0. The van der Waals surface area contributed by atoms with Crippen LogP contribution in [0.1, 0.15) is 19.3 Å². The van der Waals surface area contributed by atoms with Gasteiger partial charge in [0.15, 0.2) is 37.7 Å². The molecule has 6 rings (SSSR count). The van der Waals surface area contributed by atoms with Gasteiger partial charge >= 0.3 is 0 Å². The summed E-state index contributed by atoms with van der Waals surface area (Å²) in [6.07, 6.45) is -56.6. The van der Waals surface area contributed by atoms with E-state index >= 15 is 0 Å². The second kappa shape index (κ2) is 27.5. The molecule has 0 bridgehead atoms. The van der Waals surface area contributed by atoms with Gasteiger partial charge in [0.1, 0.15) is 146 Å². The van der Waals surface area contributed by atoms with Crippen LogP contribution in [-0.2, 0) is 56.8 Å². The first kappa shape index (κ1) is 60.9. The molecule has 30 atom stereocenters. The van der Waals surface area contributed by atoms with E-state index < -0.39 is 224 Å². The van der Waals surface area contributed by atoms with Crippen molar-refractivity contribution in [2.24, 2.45) is 5.73 Å². The minimum atomic E-state index is -2.30. The normalized spacial score (nSPS) is 50.0. The van der Waals surface area contributed by atoms with Crippen LogP contribution in [0.25, 0.3) is 0 Å². The predicted molar refractivity (Wildman–Crippen MR) is 226 cm³/mol. The fourth-order valence-corrected chi connectivity index (χ4v) is 9.17. The predicted octanol–water partition coefficient (Wildman–Crippen LogP) is -12.9. The summed E-state index contributed by atoms with van der Waals surface area (Å²) >= 11 is 0. The van der Waals surface area contributed by atoms with Gasteiger partial charge in [0.05, 0.1) is 39.6 Å². The van der Waals surface area contributed by atoms with Crippen molar-refractivity contribution in [1.82, 2.24) is 0 Å². The first-order valence-corrected chi connectivity index (χ1v) is 23.8. The minimum absolute atomic E-state index is 0.00396. The second-order valence-corrected chi connectivity index (χ2v) is 18.5. The van der Waals surface area contributed by atoms with E-state index in [9.17, 15) is 97.0 Å². The van der Waals surface area contributed by atoms with E-state index in [0.717, 1.165) is 0 Å². The largest absolute Gasteiger partial charge is 0.394 e. The summed E-state index contributed by atoms with van der Waals surface area (Å²) in [5.41, 5.74) is 5.57. The Morgan fingerprint density at radius 1 is 0.274 bits per heavy atom. The third-order valence-electron chi connectivity index (χ3n) is 13.6. The zero-order valence-corrected chi connectivity index (χ0v) is 39.1. The van der Waals surface area contributed by atoms with Crippen LogP contribution in [0.15, 0.2) is 0 Å². The molecule has 0 amide bonds. The number of hydrogen-bond donors (Lipinski definition) is 20. The molecule has 0 aromatic rings. The number of aliphatic hydroxyl groups excluding tert-OH is 19. The van der Waals surface area contributed by atoms with Crippen molar-refractivity contribution in [3.05, 3.63) is 0 Å². The van der Waals surface area contributed by atoms with Gasteiger partial charge < -0.3 is 160 Å². The lowest BCUT2D eigenvalue weighted by molar-refractivity contribution is -0.412. The van der Waals surface area contributed by atoms with Crippen LogP contribution in [0.4, 0.5) is 0 Å². The molecular weight excluding hydrogens is 1000 g/mol. The summed E-state index contributed by atoms with van der Waals surface area (Å²) in [5, 5.41) is 204. The van der Waals surface area contributed by atoms with E-state index in [2.05, 4.69) is 0 Å². The molecule has 6 saturated heterocycles. The molecule has 73 heavy (non-hydrogen) atoms. The highest BCUT2D eigenvalue weighted by atomic mass is 16.8. The Labute approximate surface area is 415 Å². The van der Waals surface area contributed by atoms with Crippen molar-refractivity contribution >= 4 is 0 Å². The lowest BCUT2D eigenvalue weighted by Gasteiger charge is -2.50. The minimum Gasteiger partial charge on any atom is -0.394 e. The first-order valence-electron chi connectivity index (χ1n) is 23.8. The maximum absolute atomic E-state index is 11.9. The number of rotatable bonds is 22. The molecule has 12 unspecified atom stereocenters. The molecule has 0 aromatic carbocycles. The summed E-state index contributed by atoms with van der Waals surface area (Å²) in [7, 11) is 0. The van der Waals surface area contributed by atoms with Crippen molar-refractivity contribution in [3.63, 3.8) is 0 Å².